The van der Waals surface area contributed by atoms with Gasteiger partial charge in [-0.2, -0.15) is 8.78 Å². The molecule has 146 valence electrons. The lowest BCUT2D eigenvalue weighted by Gasteiger charge is -2.06. The smallest absolute Gasteiger partial charge is 0.387 e. The minimum absolute atomic E-state index is 0.0663. The number of rotatable bonds is 8. The lowest BCUT2D eigenvalue weighted by molar-refractivity contribution is -0.117. The normalized spacial score (nSPS) is 10.8. The van der Waals surface area contributed by atoms with Crippen LogP contribution >= 0.6 is 23.1 Å². The number of benzene rings is 1. The molecule has 1 aromatic carbocycles. The Morgan fingerprint density at radius 3 is 2.71 bits per heavy atom. The molecule has 8 nitrogen and oxygen atoms in total. The fourth-order valence-corrected chi connectivity index (χ4v) is 3.46. The van der Waals surface area contributed by atoms with E-state index in [4.69, 9.17) is 0 Å². The van der Waals surface area contributed by atoms with Gasteiger partial charge in [-0.15, -0.1) is 16.4 Å². The van der Waals surface area contributed by atoms with Crippen molar-refractivity contribution < 1.29 is 23.1 Å². The number of alkyl halides is 2. The molecule has 0 saturated heterocycles. The van der Waals surface area contributed by atoms with Gasteiger partial charge in [0.1, 0.15) is 5.75 Å². The van der Waals surface area contributed by atoms with Gasteiger partial charge in [-0.05, 0) is 46.1 Å². The number of thiophene rings is 1. The molecule has 12 heteroatoms. The Hall–Kier alpha value is -2.86. The lowest BCUT2D eigenvalue weighted by atomic mass is 10.2. The predicted octanol–water partition coefficient (Wildman–Crippen LogP) is 2.43. The highest BCUT2D eigenvalue weighted by Gasteiger charge is 2.14. The van der Waals surface area contributed by atoms with Crippen LogP contribution in [0.25, 0.3) is 0 Å². The molecule has 0 aliphatic heterocycles. The maximum atomic E-state index is 12.1. The van der Waals surface area contributed by atoms with Gasteiger partial charge in [0.15, 0.2) is 0 Å². The molecule has 0 unspecified atom stereocenters. The largest absolute Gasteiger partial charge is 0.435 e. The zero-order valence-corrected chi connectivity index (χ0v) is 15.8. The molecular formula is C16H13F2N5O3S2. The summed E-state index contributed by atoms with van der Waals surface area (Å²) in [6.45, 7) is -2.46. The van der Waals surface area contributed by atoms with Gasteiger partial charge < -0.3 is 4.74 Å². The van der Waals surface area contributed by atoms with Gasteiger partial charge in [0.05, 0.1) is 12.3 Å². The third-order valence-electron chi connectivity index (χ3n) is 3.31. The van der Waals surface area contributed by atoms with Crippen molar-refractivity contribution in [2.45, 2.75) is 18.3 Å². The van der Waals surface area contributed by atoms with Gasteiger partial charge in [-0.3, -0.25) is 14.9 Å². The Balaban J connectivity index is 1.50. The van der Waals surface area contributed by atoms with Gasteiger partial charge in [0.25, 0.3) is 5.91 Å². The number of thioether (sulfide) groups is 1. The first-order chi connectivity index (χ1) is 13.5. The molecule has 0 aliphatic rings. The number of hydrogen-bond donors (Lipinski definition) is 1. The molecule has 28 heavy (non-hydrogen) atoms. The fraction of sp³-hybridized carbons (Fsp3) is 0.188. The third-order valence-corrected chi connectivity index (χ3v) is 5.13. The highest BCUT2D eigenvalue weighted by Crippen LogP contribution is 2.17. The van der Waals surface area contributed by atoms with Gasteiger partial charge in [0.2, 0.25) is 11.1 Å². The summed E-state index contributed by atoms with van der Waals surface area (Å²) in [6.07, 6.45) is 0. The van der Waals surface area contributed by atoms with Crippen LogP contribution in [-0.4, -0.2) is 44.4 Å². The monoisotopic (exact) mass is 425 g/mol. The minimum Gasteiger partial charge on any atom is -0.435 e. The van der Waals surface area contributed by atoms with E-state index < -0.39 is 18.4 Å². The van der Waals surface area contributed by atoms with Gasteiger partial charge >= 0.3 is 6.61 Å². The van der Waals surface area contributed by atoms with E-state index in [2.05, 4.69) is 25.6 Å². The maximum absolute atomic E-state index is 12.1. The van der Waals surface area contributed by atoms with Crippen LogP contribution in [0.2, 0.25) is 0 Å². The van der Waals surface area contributed by atoms with Crippen LogP contribution in [0.15, 0.2) is 46.9 Å². The summed E-state index contributed by atoms with van der Waals surface area (Å²) in [5, 5.41) is 16.0. The number of imide groups is 1. The zero-order valence-electron chi connectivity index (χ0n) is 14.1. The Bertz CT molecular complexity index is 932. The molecule has 2 heterocycles. The molecule has 3 rings (SSSR count). The quantitative estimate of drug-likeness (QED) is 0.554. The molecule has 2 amide bonds. The second kappa shape index (κ2) is 9.37. The van der Waals surface area contributed by atoms with Crippen molar-refractivity contribution in [2.24, 2.45) is 0 Å². The summed E-state index contributed by atoms with van der Waals surface area (Å²) in [4.78, 5) is 25.1. The number of carbonyl (C=O) groups is 2. The lowest BCUT2D eigenvalue weighted by Crippen LogP contribution is -2.31. The average molecular weight is 425 g/mol. The van der Waals surface area contributed by atoms with Crippen LogP contribution in [0.5, 0.6) is 5.75 Å². The number of aromatic nitrogens is 4. The Morgan fingerprint density at radius 2 is 2.04 bits per heavy atom. The van der Waals surface area contributed by atoms with Gasteiger partial charge in [0, 0.05) is 10.4 Å². The minimum atomic E-state index is -2.95. The van der Waals surface area contributed by atoms with Crippen LogP contribution in [0.3, 0.4) is 0 Å². The number of ether oxygens (including phenoxy) is 1. The molecule has 1 N–H and O–H groups in total. The van der Waals surface area contributed by atoms with E-state index in [1.54, 1.807) is 16.0 Å². The van der Waals surface area contributed by atoms with Crippen LogP contribution in [0.1, 0.15) is 15.2 Å². The topological polar surface area (TPSA) is 99.0 Å². The summed E-state index contributed by atoms with van der Waals surface area (Å²) < 4.78 is 30.0. The molecule has 0 aliphatic carbocycles. The van der Waals surface area contributed by atoms with Crippen molar-refractivity contribution in [2.75, 3.05) is 5.75 Å². The summed E-state index contributed by atoms with van der Waals surface area (Å²) in [7, 11) is 0. The molecule has 2 aromatic heterocycles. The van der Waals surface area contributed by atoms with Gasteiger partial charge in [-0.25, -0.2) is 4.68 Å². The summed E-state index contributed by atoms with van der Waals surface area (Å²) in [5.41, 5.74) is 0.141. The molecule has 0 radical (unpaired) electrons. The molecule has 0 atom stereocenters. The fourth-order valence-electron chi connectivity index (χ4n) is 2.10. The molecule has 0 spiro atoms. The number of amides is 2. The van der Waals surface area contributed by atoms with Gasteiger partial charge in [-0.1, -0.05) is 17.8 Å². The van der Waals surface area contributed by atoms with E-state index in [0.717, 1.165) is 16.6 Å². The van der Waals surface area contributed by atoms with E-state index in [9.17, 15) is 18.4 Å². The van der Waals surface area contributed by atoms with Crippen molar-refractivity contribution in [3.05, 3.63) is 52.2 Å². The van der Waals surface area contributed by atoms with E-state index in [-0.39, 0.29) is 17.1 Å². The second-order valence-electron chi connectivity index (χ2n) is 5.27. The maximum Gasteiger partial charge on any atom is 0.387 e. The zero-order chi connectivity index (χ0) is 19.9. The number of nitrogens with zero attached hydrogens (tertiary/aromatic N) is 4. The summed E-state index contributed by atoms with van der Waals surface area (Å²) in [6, 6.07) is 8.88. The van der Waals surface area contributed by atoms with Crippen molar-refractivity contribution in [3.63, 3.8) is 0 Å². The Morgan fingerprint density at radius 1 is 1.25 bits per heavy atom. The Labute approximate surface area is 165 Å². The molecule has 0 bridgehead atoms. The van der Waals surface area contributed by atoms with Crippen molar-refractivity contribution in [1.29, 1.82) is 0 Å². The number of halogens is 2. The first-order valence-electron chi connectivity index (χ1n) is 7.81. The van der Waals surface area contributed by atoms with E-state index in [0.29, 0.717) is 11.7 Å². The Kier molecular flexibility index (Phi) is 6.66. The SMILES string of the molecule is O=C(CSc1nnnn1Cc1cccs1)NC(=O)c1ccc(OC(F)F)cc1. The first kappa shape index (κ1) is 19.9. The summed E-state index contributed by atoms with van der Waals surface area (Å²) in [5.74, 6) is -1.32. The van der Waals surface area contributed by atoms with Crippen molar-refractivity contribution >= 4 is 34.9 Å². The van der Waals surface area contributed by atoms with Crippen molar-refractivity contribution in [1.82, 2.24) is 25.5 Å². The van der Waals surface area contributed by atoms with Crippen LogP contribution in [0, 0.1) is 0 Å². The number of nitrogens with one attached hydrogen (secondary N) is 1. The van der Waals surface area contributed by atoms with Crippen LogP contribution in [0.4, 0.5) is 8.78 Å². The number of hydrogen-bond acceptors (Lipinski definition) is 8. The highest BCUT2D eigenvalue weighted by molar-refractivity contribution is 7.99. The third kappa shape index (κ3) is 5.57. The number of tetrazole rings is 1. The molecule has 0 fully saturated rings. The van der Waals surface area contributed by atoms with E-state index >= 15 is 0 Å². The van der Waals surface area contributed by atoms with Crippen molar-refractivity contribution in [3.8, 4) is 5.75 Å². The van der Waals surface area contributed by atoms with Crippen LogP contribution in [-0.2, 0) is 11.3 Å². The average Bonchev–Trinajstić information content (AvgIpc) is 3.32. The predicted molar refractivity (Wildman–Crippen MR) is 97.5 cm³/mol. The highest BCUT2D eigenvalue weighted by atomic mass is 32.2. The number of carbonyl (C=O) groups excluding carboxylic acids is 2. The van der Waals surface area contributed by atoms with E-state index in [1.807, 2.05) is 17.5 Å². The van der Waals surface area contributed by atoms with Crippen LogP contribution < -0.4 is 10.1 Å². The van der Waals surface area contributed by atoms with E-state index in [1.165, 1.54) is 24.3 Å². The standard InChI is InChI=1S/C16H13F2N5O3S2/c17-15(18)26-11-5-3-10(4-6-11)14(25)19-13(24)9-28-16-20-21-22-23(16)8-12-2-1-7-27-12/h1-7,15H,8-9H2,(H,19,24,25). The second-order valence-corrected chi connectivity index (χ2v) is 7.24. The molecule has 3 aromatic rings. The molecular weight excluding hydrogens is 412 g/mol. The first-order valence-corrected chi connectivity index (χ1v) is 9.68. The molecule has 0 saturated carbocycles. The summed E-state index contributed by atoms with van der Waals surface area (Å²) >= 11 is 2.66.